The lowest BCUT2D eigenvalue weighted by Crippen LogP contribution is -2.42. The van der Waals surface area contributed by atoms with Gasteiger partial charge in [-0.3, -0.25) is 14.0 Å². The van der Waals surface area contributed by atoms with Crippen molar-refractivity contribution in [3.8, 4) is 0 Å². The Kier molecular flexibility index (Phi) is 4.62. The van der Waals surface area contributed by atoms with Crippen molar-refractivity contribution in [2.45, 2.75) is 0 Å². The number of carbonyl (C=O) groups excluding carboxylic acids is 1. The highest BCUT2D eigenvalue weighted by Gasteiger charge is 2.22. The molecule has 1 aliphatic rings. The van der Waals surface area contributed by atoms with Gasteiger partial charge in [-0.15, -0.1) is 0 Å². The lowest BCUT2D eigenvalue weighted by atomic mass is 10.1. The highest BCUT2D eigenvalue weighted by atomic mass is 32.2. The van der Waals surface area contributed by atoms with Crippen LogP contribution in [0.5, 0.6) is 0 Å². The van der Waals surface area contributed by atoms with E-state index in [0.717, 1.165) is 6.08 Å². The van der Waals surface area contributed by atoms with Crippen LogP contribution in [0.2, 0.25) is 0 Å². The van der Waals surface area contributed by atoms with Crippen molar-refractivity contribution in [3.05, 3.63) is 35.7 Å². The van der Waals surface area contributed by atoms with Crippen molar-refractivity contribution in [2.75, 3.05) is 24.6 Å². The number of hydrogen-bond donors (Lipinski definition) is 1. The van der Waals surface area contributed by atoms with Crippen LogP contribution in [0.3, 0.4) is 0 Å². The Morgan fingerprint density at radius 3 is 2.70 bits per heavy atom. The maximum absolute atomic E-state index is 12.4. The fraction of sp³-hybridized carbons (Fsp3) is 0.308. The van der Waals surface area contributed by atoms with E-state index in [0.29, 0.717) is 35.7 Å². The number of rotatable bonds is 3. The summed E-state index contributed by atoms with van der Waals surface area (Å²) in [7, 11) is -0.847. The minimum atomic E-state index is -1.08. The lowest BCUT2D eigenvalue weighted by Gasteiger charge is -2.26. The Morgan fingerprint density at radius 1 is 1.35 bits per heavy atom. The van der Waals surface area contributed by atoms with Crippen molar-refractivity contribution >= 4 is 28.8 Å². The zero-order chi connectivity index (χ0) is 14.5. The molecule has 0 aliphatic carbocycles. The first-order chi connectivity index (χ1) is 9.58. The first-order valence-electron chi connectivity index (χ1n) is 6.07. The van der Waals surface area contributed by atoms with Crippen molar-refractivity contribution in [2.24, 2.45) is 0 Å². The Morgan fingerprint density at radius 2 is 2.05 bits per heavy atom. The second-order valence-electron chi connectivity index (χ2n) is 4.27. The molecule has 0 atom stereocenters. The molecule has 1 aromatic rings. The number of nitrogens with zero attached hydrogens (tertiary/aromatic N) is 2. The van der Waals surface area contributed by atoms with E-state index in [1.54, 1.807) is 11.0 Å². The van der Waals surface area contributed by atoms with Gasteiger partial charge in [0.1, 0.15) is 0 Å². The smallest absolute Gasteiger partial charge is 0.328 e. The molecule has 7 heteroatoms. The minimum absolute atomic E-state index is 0.186. The van der Waals surface area contributed by atoms with Crippen molar-refractivity contribution in [3.63, 3.8) is 0 Å². The normalized spacial score (nSPS) is 16.5. The number of aromatic nitrogens is 1. The van der Waals surface area contributed by atoms with Crippen LogP contribution in [0, 0.1) is 0 Å². The molecule has 1 aliphatic heterocycles. The molecule has 0 radical (unpaired) electrons. The summed E-state index contributed by atoms with van der Waals surface area (Å²) >= 11 is 0. The van der Waals surface area contributed by atoms with Gasteiger partial charge in [-0.25, -0.2) is 4.79 Å². The molecule has 2 heterocycles. The number of pyridine rings is 1. The molecule has 0 bridgehead atoms. The van der Waals surface area contributed by atoms with Gasteiger partial charge in [0.2, 0.25) is 0 Å². The first kappa shape index (κ1) is 14.4. The number of carbonyl (C=O) groups is 2. The number of carboxylic acid groups (broad SMARTS) is 1. The monoisotopic (exact) mass is 294 g/mol. The Labute approximate surface area is 118 Å². The number of hydrogen-bond acceptors (Lipinski definition) is 4. The largest absolute Gasteiger partial charge is 0.478 e. The van der Waals surface area contributed by atoms with Gasteiger partial charge in [0, 0.05) is 65.0 Å². The van der Waals surface area contributed by atoms with Crippen LogP contribution in [-0.2, 0) is 15.6 Å². The molecule has 20 heavy (non-hydrogen) atoms. The molecule has 1 amide bonds. The number of amides is 1. The van der Waals surface area contributed by atoms with E-state index in [1.807, 2.05) is 0 Å². The quantitative estimate of drug-likeness (QED) is 0.815. The maximum Gasteiger partial charge on any atom is 0.328 e. The summed E-state index contributed by atoms with van der Waals surface area (Å²) in [6.45, 7) is 0.908. The first-order valence-corrected chi connectivity index (χ1v) is 7.56. The molecule has 1 N–H and O–H groups in total. The summed E-state index contributed by atoms with van der Waals surface area (Å²) < 4.78 is 11.3. The highest BCUT2D eigenvalue weighted by Crippen LogP contribution is 2.14. The minimum Gasteiger partial charge on any atom is -0.478 e. The third-order valence-electron chi connectivity index (χ3n) is 2.95. The molecule has 106 valence electrons. The zero-order valence-electron chi connectivity index (χ0n) is 10.7. The lowest BCUT2D eigenvalue weighted by molar-refractivity contribution is -0.131. The predicted octanol–water partition coefficient (Wildman–Crippen LogP) is 0.384. The molecule has 1 saturated heterocycles. The molecule has 0 spiro atoms. The molecular formula is C13H14N2O4S. The van der Waals surface area contributed by atoms with Crippen LogP contribution in [0.1, 0.15) is 15.9 Å². The van der Waals surface area contributed by atoms with E-state index in [9.17, 15) is 13.8 Å². The van der Waals surface area contributed by atoms with Crippen LogP contribution in [-0.4, -0.2) is 55.7 Å². The van der Waals surface area contributed by atoms with Crippen LogP contribution in [0.4, 0.5) is 0 Å². The zero-order valence-corrected chi connectivity index (χ0v) is 11.5. The van der Waals surface area contributed by atoms with Gasteiger partial charge in [0.15, 0.2) is 0 Å². The third kappa shape index (κ3) is 3.51. The van der Waals surface area contributed by atoms with E-state index < -0.39 is 16.8 Å². The highest BCUT2D eigenvalue weighted by molar-refractivity contribution is 7.85. The Balaban J connectivity index is 2.21. The van der Waals surface area contributed by atoms with E-state index >= 15 is 0 Å². The summed E-state index contributed by atoms with van der Waals surface area (Å²) in [6, 6.07) is 1.56. The van der Waals surface area contributed by atoms with Crippen LogP contribution < -0.4 is 0 Å². The van der Waals surface area contributed by atoms with Gasteiger partial charge >= 0.3 is 5.97 Å². The van der Waals surface area contributed by atoms with Gasteiger partial charge in [0.25, 0.3) is 5.91 Å². The molecule has 6 nitrogen and oxygen atoms in total. The summed E-state index contributed by atoms with van der Waals surface area (Å²) in [5, 5.41) is 8.65. The van der Waals surface area contributed by atoms with Crippen molar-refractivity contribution < 1.29 is 18.9 Å². The number of aliphatic carboxylic acids is 1. The van der Waals surface area contributed by atoms with Gasteiger partial charge in [-0.05, 0) is 12.1 Å². The second kappa shape index (κ2) is 6.42. The fourth-order valence-corrected chi connectivity index (χ4v) is 2.96. The van der Waals surface area contributed by atoms with Gasteiger partial charge in [-0.1, -0.05) is 0 Å². The standard InChI is InChI=1S/C13H14N2O4S/c16-12(17)2-1-10-9-14-4-3-11(10)13(18)15-5-7-20(19)8-6-15/h1-4,9H,5-8H2,(H,16,17). The third-order valence-corrected chi connectivity index (χ3v) is 4.23. The molecular weight excluding hydrogens is 280 g/mol. The van der Waals surface area contributed by atoms with E-state index in [1.165, 1.54) is 18.5 Å². The van der Waals surface area contributed by atoms with Crippen LogP contribution in [0.15, 0.2) is 24.5 Å². The topological polar surface area (TPSA) is 87.6 Å². The van der Waals surface area contributed by atoms with Crippen molar-refractivity contribution in [1.82, 2.24) is 9.88 Å². The van der Waals surface area contributed by atoms with Gasteiger partial charge < -0.3 is 10.0 Å². The predicted molar refractivity (Wildman–Crippen MR) is 74.7 cm³/mol. The fourth-order valence-electron chi connectivity index (χ4n) is 1.91. The van der Waals surface area contributed by atoms with Gasteiger partial charge in [0.05, 0.1) is 0 Å². The summed E-state index contributed by atoms with van der Waals surface area (Å²) in [6.07, 6.45) is 5.27. The average molecular weight is 294 g/mol. The molecule has 0 unspecified atom stereocenters. The maximum atomic E-state index is 12.4. The average Bonchev–Trinajstić information content (AvgIpc) is 2.45. The summed E-state index contributed by atoms with van der Waals surface area (Å²) in [5.41, 5.74) is 0.872. The van der Waals surface area contributed by atoms with Crippen LogP contribution in [0.25, 0.3) is 6.08 Å². The van der Waals surface area contributed by atoms with Gasteiger partial charge in [-0.2, -0.15) is 0 Å². The molecule has 1 aromatic heterocycles. The second-order valence-corrected chi connectivity index (χ2v) is 5.97. The molecule has 1 fully saturated rings. The number of carboxylic acids is 1. The summed E-state index contributed by atoms with van der Waals surface area (Å²) in [4.78, 5) is 28.5. The molecule has 0 saturated carbocycles. The van der Waals surface area contributed by atoms with E-state index in [2.05, 4.69) is 4.98 Å². The van der Waals surface area contributed by atoms with E-state index in [-0.39, 0.29) is 5.91 Å². The van der Waals surface area contributed by atoms with Crippen molar-refractivity contribution in [1.29, 1.82) is 0 Å². The summed E-state index contributed by atoms with van der Waals surface area (Å²) in [5.74, 6) is -0.302. The van der Waals surface area contributed by atoms with E-state index in [4.69, 9.17) is 5.11 Å². The molecule has 2 rings (SSSR count). The molecule has 0 aromatic carbocycles. The SMILES string of the molecule is O=C(O)C=Cc1cnccc1C(=O)N1CCS(=O)CC1. The van der Waals surface area contributed by atoms with Crippen LogP contribution >= 0.6 is 0 Å². The Bertz CT molecular complexity index is 575. The Hall–Kier alpha value is -2.02.